The Morgan fingerprint density at radius 2 is 0.938 bits per heavy atom. The molecule has 0 radical (unpaired) electrons. The molecule has 11 N–H and O–H groups in total. The molecule has 37 nitrogen and oxygen atoms in total. The van der Waals surface area contributed by atoms with Gasteiger partial charge in [-0.1, -0.05) is 78.4 Å². The number of halogens is 2. The van der Waals surface area contributed by atoms with Gasteiger partial charge in [-0.05, 0) is 77.7 Å². The van der Waals surface area contributed by atoms with Gasteiger partial charge < -0.3 is 127 Å². The highest BCUT2D eigenvalue weighted by molar-refractivity contribution is 7.91. The molecular formula is C87H107Cl2N7O30S2. The molecule has 12 atom stereocenters. The Kier molecular flexibility index (Phi) is 35.7. The molecule has 12 rings (SSSR count). The number of nitrogens with one attached hydrogen (secondary N) is 3. The predicted octanol–water partition coefficient (Wildman–Crippen LogP) is 3.40. The second-order valence-corrected chi connectivity index (χ2v) is 34.6. The van der Waals surface area contributed by atoms with E-state index in [9.17, 15) is 81.7 Å². The molecule has 5 aliphatic rings. The summed E-state index contributed by atoms with van der Waals surface area (Å²) in [6.45, 7) is 5.26. The highest BCUT2D eigenvalue weighted by Crippen LogP contribution is 2.49. The zero-order valence-corrected chi connectivity index (χ0v) is 73.5. The SMILES string of the molecule is Cc1ccc(S(=O)(=O)CCC(=O)c2ccc(C(=O)NCCOCCOCCOCCOCC3=CN(CCOCCOCCOCCNC(=O)c4ccc(O[C@@H]5O[C@H](CO)[C@H](O)[C@H](O)[C@H]5O)c(OS(=O)(=O)Oc5cc6c(c7ccccc57)[C@H](CCl)CN6C(=O)CCCC(=O)N5C[C@@H](CCl)c6c5cc(O[C@@H]5O[C@H](CO)[C@H](O)[C@H](O)[C@H]5O)c5ccccc65)c4)N(C)N3)cc2)cc1. The number of ketones is 1. The molecule has 7 aromatic carbocycles. The number of Topliss-reactive ketones (excluding diaryl/α,β-unsaturated/α-hetero) is 1. The number of carbonyl (C=O) groups is 5. The fraction of sp³-hybridized carbons (Fsp3) is 0.483. The van der Waals surface area contributed by atoms with Crippen LogP contribution in [0.3, 0.4) is 0 Å². The molecular weight excluding hydrogens is 1760 g/mol. The standard InChI is InChI=1S/C87H107Cl2N7O30S2/c1-53-14-21-60(22-15-53)127(110,111)41-24-67(99)54-16-18-55(19-17-54)84(108)90-25-28-114-32-35-118-37-38-119-39-40-120-52-59-49-94(93(2)92-59)27-30-116-33-36-117-34-31-115-29-26-91-85(109)56-20-23-68(121-86-82(106)80(104)78(102)72(50-97)123-86)71(42-56)126-128(112,113)125-70-44-66-77(64-11-6-4-9-62(64)70)58(46-89)48-96(66)75(101)13-7-12-74(100)95-47-57(45-88)76-63-10-5-3-8-61(63)69(43-65(76)95)122-87-83(107)81(105)79(103)73(51-98)124-87/h3-6,8-11,14-23,42-44,49,57-58,72-73,78-83,86-87,92,97-98,102-107H,7,12-13,24-41,45-48,50-52H2,1-2H3,(H,90,108)(H,91,109)/t57-,58-,72-,73-,78+,79+,80+,81+,82-,83-,86-,87-/m1/s1. The summed E-state index contributed by atoms with van der Waals surface area (Å²) in [5.41, 5.74) is 7.54. The van der Waals surface area contributed by atoms with E-state index >= 15 is 0 Å². The average Bonchev–Trinajstić information content (AvgIpc) is 1.57. The lowest BCUT2D eigenvalue weighted by Gasteiger charge is -2.39. The van der Waals surface area contributed by atoms with Gasteiger partial charge in [0.25, 0.3) is 11.8 Å². The summed E-state index contributed by atoms with van der Waals surface area (Å²) in [6.07, 6.45) is -15.3. The number of hydrogen-bond donors (Lipinski definition) is 11. The van der Waals surface area contributed by atoms with Crippen LogP contribution in [-0.4, -0.2) is 322 Å². The molecule has 2 saturated heterocycles. The van der Waals surface area contributed by atoms with Gasteiger partial charge in [-0.25, -0.2) is 8.42 Å². The number of nitrogens with zero attached hydrogens (tertiary/aromatic N) is 4. The van der Waals surface area contributed by atoms with Crippen LogP contribution in [0.5, 0.6) is 23.0 Å². The Hall–Kier alpha value is -9.09. The molecule has 5 heterocycles. The summed E-state index contributed by atoms with van der Waals surface area (Å²) in [7, 11) is -7.08. The number of fused-ring (bicyclic) bond motifs is 6. The number of benzene rings is 7. The summed E-state index contributed by atoms with van der Waals surface area (Å²) >= 11 is 13.2. The van der Waals surface area contributed by atoms with E-state index in [0.717, 1.165) is 29.0 Å². The van der Waals surface area contributed by atoms with Gasteiger partial charge in [-0.2, -0.15) is 0 Å². The second kappa shape index (κ2) is 46.6. The number of amides is 4. The maximum atomic E-state index is 14.6. The van der Waals surface area contributed by atoms with Crippen molar-refractivity contribution in [1.82, 2.24) is 26.2 Å². The molecule has 0 aromatic heterocycles. The molecule has 0 aliphatic carbocycles. The van der Waals surface area contributed by atoms with E-state index in [-0.39, 0.29) is 159 Å². The lowest BCUT2D eigenvalue weighted by atomic mass is 9.95. The first-order chi connectivity index (χ1) is 61.7. The summed E-state index contributed by atoms with van der Waals surface area (Å²) < 4.78 is 129. The van der Waals surface area contributed by atoms with Gasteiger partial charge in [0.2, 0.25) is 24.4 Å². The number of alkyl halides is 2. The van der Waals surface area contributed by atoms with Gasteiger partial charge in [0.05, 0.1) is 140 Å². The van der Waals surface area contributed by atoms with Gasteiger partial charge in [-0.3, -0.25) is 29.0 Å². The van der Waals surface area contributed by atoms with Crippen molar-refractivity contribution in [3.05, 3.63) is 173 Å². The summed E-state index contributed by atoms with van der Waals surface area (Å²) in [5.74, 6) is -4.46. The first-order valence-electron chi connectivity index (χ1n) is 41.8. The second-order valence-electron chi connectivity index (χ2n) is 30.7. The number of anilines is 2. The number of sulfone groups is 1. The van der Waals surface area contributed by atoms with E-state index in [1.54, 1.807) is 65.8 Å². The topological polar surface area (TPSA) is 485 Å². The maximum absolute atomic E-state index is 14.6. The van der Waals surface area contributed by atoms with Crippen molar-refractivity contribution >= 4 is 106 Å². The zero-order chi connectivity index (χ0) is 91.2. The van der Waals surface area contributed by atoms with Gasteiger partial charge in [0.1, 0.15) is 54.6 Å². The fourth-order valence-electron chi connectivity index (χ4n) is 15.1. The number of rotatable bonds is 49. The van der Waals surface area contributed by atoms with Gasteiger partial charge in [0.15, 0.2) is 32.9 Å². The highest BCUT2D eigenvalue weighted by Gasteiger charge is 2.48. The maximum Gasteiger partial charge on any atom is 0.501 e. The van der Waals surface area contributed by atoms with Crippen LogP contribution in [-0.2, 0) is 72.5 Å². The monoisotopic (exact) mass is 1860 g/mol. The van der Waals surface area contributed by atoms with Crippen LogP contribution in [0.15, 0.2) is 144 Å². The smallest absolute Gasteiger partial charge is 0.461 e. The van der Waals surface area contributed by atoms with Gasteiger partial charge in [0, 0.05) is 122 Å². The minimum atomic E-state index is -5.31. The number of hydrazine groups is 2. The summed E-state index contributed by atoms with van der Waals surface area (Å²) in [6, 6.07) is 32.6. The molecule has 0 spiro atoms. The normalized spacial score (nSPS) is 21.7. The van der Waals surface area contributed by atoms with E-state index in [1.807, 2.05) is 31.2 Å². The number of aliphatic hydroxyl groups is 8. The third-order valence-corrected chi connectivity index (χ3v) is 25.1. The van der Waals surface area contributed by atoms with Gasteiger partial charge in [-0.15, -0.1) is 36.7 Å². The van der Waals surface area contributed by atoms with E-state index < -0.39 is 124 Å². The Labute approximate surface area is 749 Å². The Bertz CT molecular complexity index is 5200. The predicted molar refractivity (Wildman–Crippen MR) is 463 cm³/mol. The van der Waals surface area contributed by atoms with Crippen LogP contribution in [0.4, 0.5) is 11.4 Å². The van der Waals surface area contributed by atoms with Crippen LogP contribution < -0.4 is 43.7 Å². The Morgan fingerprint density at radius 3 is 1.45 bits per heavy atom. The van der Waals surface area contributed by atoms with Crippen LogP contribution in [0, 0.1) is 6.92 Å². The van der Waals surface area contributed by atoms with E-state index in [4.69, 9.17) is 83.7 Å². The number of carbonyl (C=O) groups excluding carboxylic acids is 5. The first-order valence-corrected chi connectivity index (χ1v) is 45.8. The third kappa shape index (κ3) is 25.1. The van der Waals surface area contributed by atoms with Crippen molar-refractivity contribution in [1.29, 1.82) is 0 Å². The number of aryl methyl sites for hydroxylation is 1. The number of ether oxygens (including phenoxy) is 11. The van der Waals surface area contributed by atoms with E-state index in [2.05, 4.69) is 16.1 Å². The van der Waals surface area contributed by atoms with Crippen LogP contribution in [0.25, 0.3) is 21.5 Å². The number of hydrogen-bond acceptors (Lipinski definition) is 33. The lowest BCUT2D eigenvalue weighted by molar-refractivity contribution is -0.277. The molecule has 7 aromatic rings. The van der Waals surface area contributed by atoms with E-state index in [1.165, 1.54) is 58.3 Å². The van der Waals surface area contributed by atoms with Crippen LogP contribution in [0.2, 0.25) is 0 Å². The minimum absolute atomic E-state index is 0.0248. The Morgan fingerprint density at radius 1 is 0.492 bits per heavy atom. The van der Waals surface area contributed by atoms with Crippen LogP contribution in [0.1, 0.15) is 85.3 Å². The Balaban J connectivity index is 0.546. The first kappa shape index (κ1) is 98.0. The largest absolute Gasteiger partial charge is 0.501 e. The van der Waals surface area contributed by atoms with E-state index in [0.29, 0.717) is 105 Å². The zero-order valence-electron chi connectivity index (χ0n) is 70.3. The quantitative estimate of drug-likeness (QED) is 0.0148. The lowest BCUT2D eigenvalue weighted by Crippen LogP contribution is -2.60. The summed E-state index contributed by atoms with van der Waals surface area (Å²) in [4.78, 5) is 71.2. The van der Waals surface area contributed by atoms with Crippen LogP contribution >= 0.6 is 23.2 Å². The third-order valence-electron chi connectivity index (χ3n) is 21.9. The average molecular weight is 1870 g/mol. The molecule has 0 saturated carbocycles. The molecule has 2 fully saturated rings. The number of aliphatic hydroxyl groups excluding tert-OH is 8. The van der Waals surface area contributed by atoms with Crippen molar-refractivity contribution in [3.63, 3.8) is 0 Å². The van der Waals surface area contributed by atoms with Crippen molar-refractivity contribution in [2.24, 2.45) is 0 Å². The van der Waals surface area contributed by atoms with Crippen molar-refractivity contribution in [3.8, 4) is 23.0 Å². The minimum Gasteiger partial charge on any atom is -0.461 e. The molecule has 5 aliphatic heterocycles. The molecule has 41 heteroatoms. The van der Waals surface area contributed by atoms with Crippen molar-refractivity contribution < 1.29 is 142 Å². The molecule has 4 amide bonds. The van der Waals surface area contributed by atoms with Crippen molar-refractivity contribution in [2.75, 3.05) is 173 Å². The summed E-state index contributed by atoms with van der Waals surface area (Å²) in [5, 5.41) is 95.0. The molecule has 128 heavy (non-hydrogen) atoms. The highest BCUT2D eigenvalue weighted by atomic mass is 35.5. The van der Waals surface area contributed by atoms with Crippen molar-refractivity contribution in [2.45, 2.75) is 111 Å². The fourth-order valence-corrected chi connectivity index (χ4v) is 17.6. The van der Waals surface area contributed by atoms with Gasteiger partial charge >= 0.3 is 10.4 Å². The molecule has 696 valence electrons. The molecule has 0 unspecified atom stereocenters. The molecule has 0 bridgehead atoms.